The molecule has 5 nitrogen and oxygen atoms in total. The Morgan fingerprint density at radius 1 is 1.25 bits per heavy atom. The van der Waals surface area contributed by atoms with E-state index in [9.17, 15) is 13.2 Å². The fourth-order valence-electron chi connectivity index (χ4n) is 1.58. The highest BCUT2D eigenvalue weighted by Crippen LogP contribution is 2.18. The molecular formula is C14H20O5S. The molecule has 0 heterocycles. The van der Waals surface area contributed by atoms with Gasteiger partial charge in [0.25, 0.3) is 10.1 Å². The van der Waals surface area contributed by atoms with Gasteiger partial charge in [0, 0.05) is 13.3 Å². The molecule has 0 unspecified atom stereocenters. The van der Waals surface area contributed by atoms with E-state index < -0.39 is 22.4 Å². The minimum Gasteiger partial charge on any atom is -0.435 e. The summed E-state index contributed by atoms with van der Waals surface area (Å²) in [5, 5.41) is 0. The summed E-state index contributed by atoms with van der Waals surface area (Å²) in [4.78, 5) is 11.0. The first-order chi connectivity index (χ1) is 9.35. The second-order valence-electron chi connectivity index (χ2n) is 4.54. The molecule has 0 aliphatic heterocycles. The minimum absolute atomic E-state index is 0.0525. The van der Waals surface area contributed by atoms with E-state index in [0.717, 1.165) is 12.0 Å². The Hall–Kier alpha value is -1.40. The summed E-state index contributed by atoms with van der Waals surface area (Å²) in [5.41, 5.74) is 0.950. The Balaban J connectivity index is 2.84. The molecule has 0 spiro atoms. The first kappa shape index (κ1) is 16.7. The molecule has 0 aromatic heterocycles. The van der Waals surface area contributed by atoms with Gasteiger partial charge in [0.15, 0.2) is 0 Å². The van der Waals surface area contributed by atoms with E-state index in [2.05, 4.69) is 0 Å². The zero-order valence-electron chi connectivity index (χ0n) is 12.0. The van der Waals surface area contributed by atoms with Crippen LogP contribution in [-0.2, 0) is 23.8 Å². The van der Waals surface area contributed by atoms with Crippen LogP contribution in [0, 0.1) is 6.92 Å². The van der Waals surface area contributed by atoms with E-state index in [-0.39, 0.29) is 4.90 Å². The molecule has 0 N–H and O–H groups in total. The summed E-state index contributed by atoms with van der Waals surface area (Å²) in [7, 11) is -3.93. The number of ether oxygens (including phenoxy) is 1. The highest BCUT2D eigenvalue weighted by Gasteiger charge is 2.23. The van der Waals surface area contributed by atoms with Crippen LogP contribution in [0.25, 0.3) is 0 Å². The van der Waals surface area contributed by atoms with Crippen LogP contribution in [0.15, 0.2) is 29.2 Å². The number of esters is 1. The lowest BCUT2D eigenvalue weighted by atomic mass is 10.2. The lowest BCUT2D eigenvalue weighted by molar-refractivity contribution is -0.161. The van der Waals surface area contributed by atoms with Crippen LogP contribution >= 0.6 is 0 Å². The van der Waals surface area contributed by atoms with Gasteiger partial charge in [0.2, 0.25) is 6.29 Å². The standard InChI is InChI=1S/C14H20O5S/c1-4-5-6-14(18-12(3)15)19-20(16,17)13-9-7-11(2)8-10-13/h7-10,14H,4-6H2,1-3H3/t14-/m0/s1. The number of carbonyl (C=O) groups is 1. The van der Waals surface area contributed by atoms with Crippen molar-refractivity contribution >= 4 is 16.1 Å². The Kier molecular flexibility index (Phi) is 6.16. The SMILES string of the molecule is CCCC[C@@H](OC(C)=O)OS(=O)(=O)c1ccc(C)cc1. The van der Waals surface area contributed by atoms with Crippen LogP contribution in [0.2, 0.25) is 0 Å². The van der Waals surface area contributed by atoms with Gasteiger partial charge in [0.05, 0.1) is 4.90 Å². The summed E-state index contributed by atoms with van der Waals surface area (Å²) in [5.74, 6) is -0.565. The summed E-state index contributed by atoms with van der Waals surface area (Å²) in [6.07, 6.45) is 0.840. The number of benzene rings is 1. The number of aryl methyl sites for hydroxylation is 1. The molecule has 1 aromatic rings. The van der Waals surface area contributed by atoms with Crippen LogP contribution in [0.1, 0.15) is 38.7 Å². The fraction of sp³-hybridized carbons (Fsp3) is 0.500. The predicted octanol–water partition coefficient (Wildman–Crippen LogP) is 2.78. The molecule has 0 bridgehead atoms. The van der Waals surface area contributed by atoms with Gasteiger partial charge in [-0.05, 0) is 25.5 Å². The van der Waals surface area contributed by atoms with Crippen molar-refractivity contribution in [3.63, 3.8) is 0 Å². The van der Waals surface area contributed by atoms with Crippen LogP contribution in [0.4, 0.5) is 0 Å². The van der Waals surface area contributed by atoms with Gasteiger partial charge in [0.1, 0.15) is 0 Å². The van der Waals surface area contributed by atoms with Crippen molar-refractivity contribution in [3.8, 4) is 0 Å². The number of carbonyl (C=O) groups excluding carboxylic acids is 1. The summed E-state index contributed by atoms with van der Waals surface area (Å²) in [6.45, 7) is 5.04. The maximum atomic E-state index is 12.1. The van der Waals surface area contributed by atoms with E-state index in [1.54, 1.807) is 12.1 Å². The van der Waals surface area contributed by atoms with E-state index in [4.69, 9.17) is 8.92 Å². The van der Waals surface area contributed by atoms with Crippen molar-refractivity contribution in [2.45, 2.75) is 51.2 Å². The van der Waals surface area contributed by atoms with Crippen molar-refractivity contribution in [2.75, 3.05) is 0 Å². The number of hydrogen-bond donors (Lipinski definition) is 0. The first-order valence-electron chi connectivity index (χ1n) is 6.52. The molecule has 0 fully saturated rings. The molecule has 112 valence electrons. The van der Waals surface area contributed by atoms with Crippen molar-refractivity contribution in [3.05, 3.63) is 29.8 Å². The average molecular weight is 300 g/mol. The Morgan fingerprint density at radius 2 is 1.85 bits per heavy atom. The highest BCUT2D eigenvalue weighted by atomic mass is 32.2. The normalized spacial score (nSPS) is 12.9. The molecule has 6 heteroatoms. The Labute approximate surface area is 120 Å². The van der Waals surface area contributed by atoms with Gasteiger partial charge < -0.3 is 4.74 Å². The van der Waals surface area contributed by atoms with E-state index in [0.29, 0.717) is 12.8 Å². The second kappa shape index (κ2) is 7.40. The molecule has 0 aliphatic rings. The molecular weight excluding hydrogens is 280 g/mol. The maximum absolute atomic E-state index is 12.1. The zero-order chi connectivity index (χ0) is 15.2. The largest absolute Gasteiger partial charge is 0.435 e. The summed E-state index contributed by atoms with van der Waals surface area (Å²) in [6, 6.07) is 6.30. The molecule has 1 atom stereocenters. The third-order valence-electron chi connectivity index (χ3n) is 2.63. The molecule has 1 aromatic carbocycles. The predicted molar refractivity (Wildman–Crippen MR) is 74.5 cm³/mol. The lowest BCUT2D eigenvalue weighted by Gasteiger charge is -2.17. The molecule has 20 heavy (non-hydrogen) atoms. The fourth-order valence-corrected chi connectivity index (χ4v) is 2.58. The highest BCUT2D eigenvalue weighted by molar-refractivity contribution is 7.86. The van der Waals surface area contributed by atoms with Gasteiger partial charge in [-0.3, -0.25) is 4.79 Å². The maximum Gasteiger partial charge on any atom is 0.304 e. The molecule has 0 saturated carbocycles. The average Bonchev–Trinajstić information content (AvgIpc) is 2.35. The Bertz CT molecular complexity index is 533. The van der Waals surface area contributed by atoms with Crippen LogP contribution < -0.4 is 0 Å². The first-order valence-corrected chi connectivity index (χ1v) is 7.93. The third-order valence-corrected chi connectivity index (χ3v) is 3.95. The van der Waals surface area contributed by atoms with Crippen molar-refractivity contribution < 1.29 is 22.1 Å². The number of rotatable bonds is 7. The van der Waals surface area contributed by atoms with Crippen molar-refractivity contribution in [2.24, 2.45) is 0 Å². The minimum atomic E-state index is -3.93. The summed E-state index contributed by atoms with van der Waals surface area (Å²) < 4.78 is 34.1. The monoisotopic (exact) mass is 300 g/mol. The molecule has 0 amide bonds. The van der Waals surface area contributed by atoms with Crippen LogP contribution in [0.3, 0.4) is 0 Å². The number of unbranched alkanes of at least 4 members (excludes halogenated alkanes) is 1. The quantitative estimate of drug-likeness (QED) is 0.440. The molecule has 0 radical (unpaired) electrons. The van der Waals surface area contributed by atoms with Crippen LogP contribution in [-0.4, -0.2) is 20.7 Å². The van der Waals surface area contributed by atoms with Gasteiger partial charge in [-0.25, -0.2) is 4.18 Å². The summed E-state index contributed by atoms with van der Waals surface area (Å²) >= 11 is 0. The smallest absolute Gasteiger partial charge is 0.304 e. The topological polar surface area (TPSA) is 69.7 Å². The van der Waals surface area contributed by atoms with E-state index in [1.165, 1.54) is 19.1 Å². The molecule has 1 rings (SSSR count). The van der Waals surface area contributed by atoms with Crippen molar-refractivity contribution in [1.82, 2.24) is 0 Å². The van der Waals surface area contributed by atoms with Crippen LogP contribution in [0.5, 0.6) is 0 Å². The van der Waals surface area contributed by atoms with Gasteiger partial charge in [-0.1, -0.05) is 31.0 Å². The second-order valence-corrected chi connectivity index (χ2v) is 6.12. The van der Waals surface area contributed by atoms with Gasteiger partial charge >= 0.3 is 5.97 Å². The van der Waals surface area contributed by atoms with Crippen molar-refractivity contribution in [1.29, 1.82) is 0 Å². The lowest BCUT2D eigenvalue weighted by Crippen LogP contribution is -2.24. The molecule has 0 saturated heterocycles. The van der Waals surface area contributed by atoms with E-state index in [1.807, 2.05) is 13.8 Å². The van der Waals surface area contributed by atoms with Gasteiger partial charge in [-0.15, -0.1) is 0 Å². The van der Waals surface area contributed by atoms with Gasteiger partial charge in [-0.2, -0.15) is 8.42 Å². The zero-order valence-corrected chi connectivity index (χ0v) is 12.8. The van der Waals surface area contributed by atoms with E-state index >= 15 is 0 Å². The number of hydrogen-bond acceptors (Lipinski definition) is 5. The Morgan fingerprint density at radius 3 is 2.35 bits per heavy atom. The molecule has 0 aliphatic carbocycles. The third kappa shape index (κ3) is 5.30.